The predicted octanol–water partition coefficient (Wildman–Crippen LogP) is 1.52. The minimum absolute atomic E-state index is 0.127. The Morgan fingerprint density at radius 3 is 3.05 bits per heavy atom. The zero-order valence-electron chi connectivity index (χ0n) is 11.3. The van der Waals surface area contributed by atoms with Crippen LogP contribution in [-0.4, -0.2) is 44.1 Å². The molecule has 4 nitrogen and oxygen atoms in total. The van der Waals surface area contributed by atoms with E-state index in [4.69, 9.17) is 4.74 Å². The topological polar surface area (TPSA) is 41.6 Å². The molecule has 2 fully saturated rings. The van der Waals surface area contributed by atoms with Gasteiger partial charge in [0.1, 0.15) is 5.75 Å². The molecule has 4 heteroatoms. The Kier molecular flexibility index (Phi) is 3.19. The molecule has 1 unspecified atom stereocenters. The molecule has 0 aliphatic carbocycles. The van der Waals surface area contributed by atoms with E-state index < -0.39 is 0 Å². The lowest BCUT2D eigenvalue weighted by Crippen LogP contribution is -2.33. The first kappa shape index (κ1) is 12.5. The van der Waals surface area contributed by atoms with Crippen molar-refractivity contribution in [3.8, 4) is 5.75 Å². The normalized spacial score (nSPS) is 26.1. The molecule has 2 aliphatic heterocycles. The number of amides is 1. The van der Waals surface area contributed by atoms with E-state index in [0.717, 1.165) is 43.9 Å². The molecule has 0 saturated carbocycles. The van der Waals surface area contributed by atoms with Gasteiger partial charge in [0.2, 0.25) is 0 Å². The molecule has 1 aromatic carbocycles. The minimum Gasteiger partial charge on any atom is -0.497 e. The van der Waals surface area contributed by atoms with Crippen molar-refractivity contribution in [3.63, 3.8) is 0 Å². The van der Waals surface area contributed by atoms with E-state index >= 15 is 0 Å². The number of hydrogen-bond donors (Lipinski definition) is 1. The summed E-state index contributed by atoms with van der Waals surface area (Å²) >= 11 is 0. The second-order valence-corrected chi connectivity index (χ2v) is 5.64. The molecule has 2 saturated heterocycles. The number of rotatable bonds is 2. The van der Waals surface area contributed by atoms with Gasteiger partial charge in [-0.1, -0.05) is 6.07 Å². The third-order valence-electron chi connectivity index (χ3n) is 4.37. The van der Waals surface area contributed by atoms with E-state index in [-0.39, 0.29) is 5.91 Å². The predicted molar refractivity (Wildman–Crippen MR) is 73.4 cm³/mol. The Morgan fingerprint density at radius 1 is 1.42 bits per heavy atom. The fourth-order valence-electron chi connectivity index (χ4n) is 3.19. The molecule has 0 radical (unpaired) electrons. The van der Waals surface area contributed by atoms with E-state index in [1.54, 1.807) is 7.11 Å². The molecule has 1 atom stereocenters. The average Bonchev–Trinajstić information content (AvgIpc) is 3.09. The van der Waals surface area contributed by atoms with Crippen LogP contribution in [0.1, 0.15) is 23.2 Å². The molecule has 1 amide bonds. The zero-order chi connectivity index (χ0) is 13.3. The van der Waals surface area contributed by atoms with Gasteiger partial charge in [0.05, 0.1) is 7.11 Å². The van der Waals surface area contributed by atoms with Crippen LogP contribution >= 0.6 is 0 Å². The van der Waals surface area contributed by atoms with E-state index in [1.807, 2.05) is 29.2 Å². The number of methoxy groups -OCH3 is 1. The number of benzene rings is 1. The van der Waals surface area contributed by atoms with Gasteiger partial charge >= 0.3 is 0 Å². The largest absolute Gasteiger partial charge is 0.497 e. The van der Waals surface area contributed by atoms with Gasteiger partial charge in [-0.25, -0.2) is 0 Å². The maximum atomic E-state index is 12.5. The summed E-state index contributed by atoms with van der Waals surface area (Å²) in [5.41, 5.74) is 1.05. The number of carbonyl (C=O) groups is 1. The Labute approximate surface area is 113 Å². The summed E-state index contributed by atoms with van der Waals surface area (Å²) in [5, 5.41) is 3.41. The highest BCUT2D eigenvalue weighted by Crippen LogP contribution is 2.36. The van der Waals surface area contributed by atoms with Crippen LogP contribution in [0.25, 0.3) is 0 Å². The molecule has 1 aromatic rings. The maximum Gasteiger partial charge on any atom is 0.254 e. The number of carbonyl (C=O) groups excluding carboxylic acids is 1. The average molecular weight is 260 g/mol. The van der Waals surface area contributed by atoms with Crippen molar-refractivity contribution in [2.75, 3.05) is 33.3 Å². The van der Waals surface area contributed by atoms with Gasteiger partial charge in [0.15, 0.2) is 0 Å². The fourth-order valence-corrected chi connectivity index (χ4v) is 3.19. The highest BCUT2D eigenvalue weighted by molar-refractivity contribution is 5.94. The SMILES string of the molecule is COc1cccc(C(=O)N2CCC3(CCNC3)C2)c1. The van der Waals surface area contributed by atoms with Crippen molar-refractivity contribution in [1.29, 1.82) is 0 Å². The first-order valence-electron chi connectivity index (χ1n) is 6.87. The van der Waals surface area contributed by atoms with Crippen LogP contribution in [0, 0.1) is 5.41 Å². The molecular weight excluding hydrogens is 240 g/mol. The number of ether oxygens (including phenoxy) is 1. The molecule has 0 aromatic heterocycles. The molecule has 3 rings (SSSR count). The highest BCUT2D eigenvalue weighted by Gasteiger charge is 2.41. The summed E-state index contributed by atoms with van der Waals surface area (Å²) in [4.78, 5) is 14.5. The van der Waals surface area contributed by atoms with Gasteiger partial charge in [-0.15, -0.1) is 0 Å². The van der Waals surface area contributed by atoms with Gasteiger partial charge in [0, 0.05) is 30.6 Å². The molecule has 102 valence electrons. The van der Waals surface area contributed by atoms with Crippen molar-refractivity contribution in [2.24, 2.45) is 5.41 Å². The van der Waals surface area contributed by atoms with Crippen molar-refractivity contribution >= 4 is 5.91 Å². The molecular formula is C15H20N2O2. The van der Waals surface area contributed by atoms with E-state index in [2.05, 4.69) is 5.32 Å². The van der Waals surface area contributed by atoms with Crippen LogP contribution in [0.3, 0.4) is 0 Å². The molecule has 19 heavy (non-hydrogen) atoms. The zero-order valence-corrected chi connectivity index (χ0v) is 11.3. The van der Waals surface area contributed by atoms with Gasteiger partial charge in [-0.3, -0.25) is 4.79 Å². The Hall–Kier alpha value is -1.55. The van der Waals surface area contributed by atoms with Gasteiger partial charge in [-0.05, 0) is 37.6 Å². The van der Waals surface area contributed by atoms with Crippen LogP contribution in [0.2, 0.25) is 0 Å². The van der Waals surface area contributed by atoms with Crippen molar-refractivity contribution in [2.45, 2.75) is 12.8 Å². The first-order valence-corrected chi connectivity index (χ1v) is 6.87. The molecule has 1 spiro atoms. The second-order valence-electron chi connectivity index (χ2n) is 5.64. The van der Waals surface area contributed by atoms with Gasteiger partial charge < -0.3 is 15.0 Å². The Balaban J connectivity index is 1.74. The van der Waals surface area contributed by atoms with Crippen LogP contribution in [-0.2, 0) is 0 Å². The maximum absolute atomic E-state index is 12.5. The molecule has 1 N–H and O–H groups in total. The number of likely N-dealkylation sites (tertiary alicyclic amines) is 1. The van der Waals surface area contributed by atoms with Crippen molar-refractivity contribution < 1.29 is 9.53 Å². The lowest BCUT2D eigenvalue weighted by Gasteiger charge is -2.22. The number of hydrogen-bond acceptors (Lipinski definition) is 3. The molecule has 2 aliphatic rings. The summed E-state index contributed by atoms with van der Waals surface area (Å²) in [5.74, 6) is 0.866. The van der Waals surface area contributed by atoms with Crippen molar-refractivity contribution in [3.05, 3.63) is 29.8 Å². The lowest BCUT2D eigenvalue weighted by molar-refractivity contribution is 0.0775. The van der Waals surface area contributed by atoms with Gasteiger partial charge in [0.25, 0.3) is 5.91 Å². The number of nitrogens with zero attached hydrogens (tertiary/aromatic N) is 1. The third-order valence-corrected chi connectivity index (χ3v) is 4.37. The Morgan fingerprint density at radius 2 is 2.32 bits per heavy atom. The summed E-state index contributed by atoms with van der Waals surface area (Å²) in [7, 11) is 1.62. The summed E-state index contributed by atoms with van der Waals surface area (Å²) in [6.07, 6.45) is 2.31. The third kappa shape index (κ3) is 2.32. The lowest BCUT2D eigenvalue weighted by atomic mass is 9.86. The minimum atomic E-state index is 0.127. The van der Waals surface area contributed by atoms with E-state index in [0.29, 0.717) is 5.41 Å². The van der Waals surface area contributed by atoms with Crippen LogP contribution < -0.4 is 10.1 Å². The second kappa shape index (κ2) is 4.85. The first-order chi connectivity index (χ1) is 9.22. The van der Waals surface area contributed by atoms with Crippen LogP contribution in [0.5, 0.6) is 5.75 Å². The Bertz CT molecular complexity index is 481. The van der Waals surface area contributed by atoms with E-state index in [1.165, 1.54) is 6.42 Å². The fraction of sp³-hybridized carbons (Fsp3) is 0.533. The van der Waals surface area contributed by atoms with Crippen LogP contribution in [0.15, 0.2) is 24.3 Å². The molecule has 2 heterocycles. The number of nitrogens with one attached hydrogen (secondary N) is 1. The summed E-state index contributed by atoms with van der Waals surface area (Å²) in [6.45, 7) is 3.89. The van der Waals surface area contributed by atoms with Crippen LogP contribution in [0.4, 0.5) is 0 Å². The summed E-state index contributed by atoms with van der Waals surface area (Å²) < 4.78 is 5.18. The standard InChI is InChI=1S/C15H20N2O2/c1-19-13-4-2-3-12(9-13)14(18)17-8-6-15(11-17)5-7-16-10-15/h2-4,9,16H,5-8,10-11H2,1H3. The highest BCUT2D eigenvalue weighted by atomic mass is 16.5. The van der Waals surface area contributed by atoms with E-state index in [9.17, 15) is 4.79 Å². The van der Waals surface area contributed by atoms with Gasteiger partial charge in [-0.2, -0.15) is 0 Å². The van der Waals surface area contributed by atoms with Crippen molar-refractivity contribution in [1.82, 2.24) is 10.2 Å². The quantitative estimate of drug-likeness (QED) is 0.876. The summed E-state index contributed by atoms with van der Waals surface area (Å²) in [6, 6.07) is 7.42. The smallest absolute Gasteiger partial charge is 0.254 e. The molecule has 0 bridgehead atoms. The monoisotopic (exact) mass is 260 g/mol.